The summed E-state index contributed by atoms with van der Waals surface area (Å²) in [5.41, 5.74) is -1.92. The van der Waals surface area contributed by atoms with E-state index < -0.39 is 51.6 Å². The molecule has 4 rings (SSSR count). The van der Waals surface area contributed by atoms with Gasteiger partial charge >= 0.3 is 12.4 Å². The highest BCUT2D eigenvalue weighted by Gasteiger charge is 2.36. The molecule has 0 aliphatic carbocycles. The summed E-state index contributed by atoms with van der Waals surface area (Å²) in [7, 11) is -4.51. The summed E-state index contributed by atoms with van der Waals surface area (Å²) < 4.78 is 107. The first kappa shape index (κ1) is 29.5. The molecule has 1 saturated heterocycles. The van der Waals surface area contributed by atoms with Crippen molar-refractivity contribution in [1.29, 1.82) is 0 Å². The first-order valence-corrected chi connectivity index (χ1v) is 13.6. The summed E-state index contributed by atoms with van der Waals surface area (Å²) in [5, 5.41) is -0.299. The van der Waals surface area contributed by atoms with Crippen LogP contribution >= 0.6 is 11.6 Å². The highest BCUT2D eigenvalue weighted by atomic mass is 35.5. The van der Waals surface area contributed by atoms with Gasteiger partial charge in [-0.1, -0.05) is 29.8 Å². The summed E-state index contributed by atoms with van der Waals surface area (Å²) in [6, 6.07) is 13.7. The second kappa shape index (κ2) is 11.2. The van der Waals surface area contributed by atoms with Crippen LogP contribution in [0, 0.1) is 0 Å². The molecule has 1 aliphatic heterocycles. The highest BCUT2D eigenvalue weighted by Crippen LogP contribution is 2.37. The van der Waals surface area contributed by atoms with Gasteiger partial charge in [-0.05, 0) is 54.6 Å². The molecule has 0 spiro atoms. The van der Waals surface area contributed by atoms with Gasteiger partial charge in [-0.15, -0.1) is 0 Å². The summed E-state index contributed by atoms with van der Waals surface area (Å²) in [4.78, 5) is 16.1. The lowest BCUT2D eigenvalue weighted by Crippen LogP contribution is -2.52. The van der Waals surface area contributed by atoms with Gasteiger partial charge in [0.1, 0.15) is 6.54 Å². The quantitative estimate of drug-likeness (QED) is 0.327. The van der Waals surface area contributed by atoms with E-state index in [2.05, 4.69) is 0 Å². The molecular formula is C26H22ClF6N3O3S. The standard InChI is InChI=1S/C26H22ClF6N3O3S/c27-22-11-8-19(26(31,32)33)16-23(22)36(40(38,39)21-4-2-1-3-5-21)17-24(37)35-14-12-34(13-15-35)20-9-6-18(7-10-20)25(28,29)30/h1-11,16H,12-15,17H2. The van der Waals surface area contributed by atoms with Crippen LogP contribution in [0.15, 0.2) is 77.7 Å². The maximum atomic E-state index is 13.5. The van der Waals surface area contributed by atoms with Crippen LogP contribution in [0.1, 0.15) is 11.1 Å². The zero-order chi connectivity index (χ0) is 29.3. The molecule has 14 heteroatoms. The van der Waals surface area contributed by atoms with E-state index in [1.165, 1.54) is 41.3 Å². The maximum Gasteiger partial charge on any atom is 0.416 e. The lowest BCUT2D eigenvalue weighted by Gasteiger charge is -2.37. The van der Waals surface area contributed by atoms with Crippen LogP contribution in [0.25, 0.3) is 0 Å². The predicted octanol–water partition coefficient (Wildman–Crippen LogP) is 5.92. The van der Waals surface area contributed by atoms with E-state index in [0.717, 1.165) is 18.2 Å². The van der Waals surface area contributed by atoms with Gasteiger partial charge in [0.2, 0.25) is 5.91 Å². The predicted molar refractivity (Wildman–Crippen MR) is 138 cm³/mol. The topological polar surface area (TPSA) is 60.9 Å². The molecular weight excluding hydrogens is 584 g/mol. The Kier molecular flexibility index (Phi) is 8.27. The van der Waals surface area contributed by atoms with Gasteiger partial charge in [0.25, 0.3) is 10.0 Å². The van der Waals surface area contributed by atoms with Crippen molar-refractivity contribution in [2.24, 2.45) is 0 Å². The third-order valence-corrected chi connectivity index (χ3v) is 8.44. The number of rotatable bonds is 6. The van der Waals surface area contributed by atoms with Gasteiger partial charge in [-0.3, -0.25) is 9.10 Å². The molecule has 0 radical (unpaired) electrons. The molecule has 214 valence electrons. The SMILES string of the molecule is O=C(CN(c1cc(C(F)(F)F)ccc1Cl)S(=O)(=O)c1ccccc1)N1CCN(c2ccc(C(F)(F)F)cc2)CC1. The van der Waals surface area contributed by atoms with E-state index in [9.17, 15) is 39.6 Å². The number of halogens is 7. The number of carbonyl (C=O) groups is 1. The molecule has 40 heavy (non-hydrogen) atoms. The van der Waals surface area contributed by atoms with Crippen molar-refractivity contribution >= 4 is 38.9 Å². The molecule has 0 bridgehead atoms. The van der Waals surface area contributed by atoms with Crippen molar-refractivity contribution in [2.75, 3.05) is 41.9 Å². The number of nitrogens with zero attached hydrogens (tertiary/aromatic N) is 3. The molecule has 0 aromatic heterocycles. The number of hydrogen-bond donors (Lipinski definition) is 0. The van der Waals surface area contributed by atoms with Crippen molar-refractivity contribution in [3.8, 4) is 0 Å². The minimum Gasteiger partial charge on any atom is -0.368 e. The number of benzene rings is 3. The van der Waals surface area contributed by atoms with E-state index in [1.54, 1.807) is 11.0 Å². The first-order valence-electron chi connectivity index (χ1n) is 11.8. The second-order valence-corrected chi connectivity index (χ2v) is 11.2. The second-order valence-electron chi connectivity index (χ2n) is 8.90. The van der Waals surface area contributed by atoms with Crippen molar-refractivity contribution < 1.29 is 39.6 Å². The Morgan fingerprint density at radius 1 is 0.800 bits per heavy atom. The normalized spacial score (nSPS) is 14.8. The zero-order valence-corrected chi connectivity index (χ0v) is 22.2. The number of amides is 1. The average molecular weight is 606 g/mol. The molecule has 1 aliphatic rings. The van der Waals surface area contributed by atoms with Crippen LogP contribution in [0.3, 0.4) is 0 Å². The number of anilines is 2. The Balaban J connectivity index is 1.57. The van der Waals surface area contributed by atoms with Crippen LogP contribution in [-0.4, -0.2) is 51.9 Å². The Labute approximate surface area is 231 Å². The third kappa shape index (κ3) is 6.47. The van der Waals surface area contributed by atoms with Crippen LogP contribution in [-0.2, 0) is 27.2 Å². The smallest absolute Gasteiger partial charge is 0.368 e. The van der Waals surface area contributed by atoms with Crippen molar-refractivity contribution in [2.45, 2.75) is 17.2 Å². The Morgan fingerprint density at radius 3 is 1.90 bits per heavy atom. The monoisotopic (exact) mass is 605 g/mol. The number of sulfonamides is 1. The number of alkyl halides is 6. The van der Waals surface area contributed by atoms with Crippen LogP contribution in [0.5, 0.6) is 0 Å². The molecule has 6 nitrogen and oxygen atoms in total. The van der Waals surface area contributed by atoms with Gasteiger partial charge in [0, 0.05) is 31.9 Å². The number of hydrogen-bond acceptors (Lipinski definition) is 4. The van der Waals surface area contributed by atoms with E-state index in [1.807, 2.05) is 0 Å². The largest absolute Gasteiger partial charge is 0.416 e. The summed E-state index contributed by atoms with van der Waals surface area (Å²) >= 11 is 6.15. The lowest BCUT2D eigenvalue weighted by molar-refractivity contribution is -0.138. The maximum absolute atomic E-state index is 13.5. The van der Waals surface area contributed by atoms with Crippen molar-refractivity contribution in [3.63, 3.8) is 0 Å². The molecule has 3 aromatic carbocycles. The first-order chi connectivity index (χ1) is 18.7. The van der Waals surface area contributed by atoms with E-state index in [4.69, 9.17) is 11.6 Å². The van der Waals surface area contributed by atoms with Gasteiger partial charge in [0.05, 0.1) is 26.7 Å². The minimum atomic E-state index is -4.79. The number of piperazine rings is 1. The molecule has 1 heterocycles. The van der Waals surface area contributed by atoms with Crippen molar-refractivity contribution in [3.05, 3.63) is 88.9 Å². The van der Waals surface area contributed by atoms with Crippen LogP contribution in [0.2, 0.25) is 5.02 Å². The molecule has 0 saturated carbocycles. The Morgan fingerprint density at radius 2 is 1.35 bits per heavy atom. The summed E-state index contributed by atoms with van der Waals surface area (Å²) in [6.07, 6.45) is -9.27. The fourth-order valence-corrected chi connectivity index (χ4v) is 5.91. The van der Waals surface area contributed by atoms with Gasteiger partial charge in [0.15, 0.2) is 0 Å². The molecule has 0 unspecified atom stereocenters. The summed E-state index contributed by atoms with van der Waals surface area (Å²) in [5.74, 6) is -0.681. The third-order valence-electron chi connectivity index (χ3n) is 6.34. The van der Waals surface area contributed by atoms with Gasteiger partial charge in [-0.2, -0.15) is 26.3 Å². The van der Waals surface area contributed by atoms with E-state index >= 15 is 0 Å². The van der Waals surface area contributed by atoms with Crippen molar-refractivity contribution in [1.82, 2.24) is 4.90 Å². The number of carbonyl (C=O) groups excluding carboxylic acids is 1. The van der Waals surface area contributed by atoms with E-state index in [0.29, 0.717) is 22.1 Å². The molecule has 0 atom stereocenters. The van der Waals surface area contributed by atoms with Crippen LogP contribution in [0.4, 0.5) is 37.7 Å². The Bertz CT molecular complexity index is 1460. The molecule has 0 N–H and O–H groups in total. The zero-order valence-electron chi connectivity index (χ0n) is 20.6. The van der Waals surface area contributed by atoms with E-state index in [-0.39, 0.29) is 36.1 Å². The fraction of sp³-hybridized carbons (Fsp3) is 0.269. The Hall–Kier alpha value is -3.45. The molecule has 3 aromatic rings. The van der Waals surface area contributed by atoms with Gasteiger partial charge < -0.3 is 9.80 Å². The molecule has 1 amide bonds. The van der Waals surface area contributed by atoms with Crippen LogP contribution < -0.4 is 9.21 Å². The highest BCUT2D eigenvalue weighted by molar-refractivity contribution is 7.92. The van der Waals surface area contributed by atoms with Gasteiger partial charge in [-0.25, -0.2) is 8.42 Å². The molecule has 1 fully saturated rings. The average Bonchev–Trinajstić information content (AvgIpc) is 2.91. The minimum absolute atomic E-state index is 0.107. The lowest BCUT2D eigenvalue weighted by atomic mass is 10.1. The summed E-state index contributed by atoms with van der Waals surface area (Å²) in [6.45, 7) is -0.122. The fourth-order valence-electron chi connectivity index (χ4n) is 4.20.